The van der Waals surface area contributed by atoms with Crippen molar-refractivity contribution >= 4 is 33.1 Å². The molecular formula is C18H16N2O4S. The van der Waals surface area contributed by atoms with Gasteiger partial charge in [0.1, 0.15) is 0 Å². The highest BCUT2D eigenvalue weighted by molar-refractivity contribution is 7.89. The fourth-order valence-electron chi connectivity index (χ4n) is 2.71. The highest BCUT2D eigenvalue weighted by Crippen LogP contribution is 2.37. The van der Waals surface area contributed by atoms with Crippen LogP contribution >= 0.6 is 0 Å². The first-order valence-electron chi connectivity index (χ1n) is 7.54. The van der Waals surface area contributed by atoms with Crippen molar-refractivity contribution in [3.8, 4) is 0 Å². The van der Waals surface area contributed by atoms with E-state index in [-0.39, 0.29) is 11.5 Å². The molecule has 0 radical (unpaired) electrons. The van der Waals surface area contributed by atoms with E-state index in [1.807, 2.05) is 41.1 Å². The zero-order valence-corrected chi connectivity index (χ0v) is 14.3. The van der Waals surface area contributed by atoms with Crippen molar-refractivity contribution in [2.24, 2.45) is 0 Å². The second-order valence-corrected chi connectivity index (χ2v) is 7.44. The van der Waals surface area contributed by atoms with Gasteiger partial charge in [0.2, 0.25) is 10.0 Å². The Labute approximate surface area is 145 Å². The molecule has 0 fully saturated rings. The molecule has 1 heterocycles. The van der Waals surface area contributed by atoms with E-state index in [0.29, 0.717) is 17.8 Å². The van der Waals surface area contributed by atoms with Crippen molar-refractivity contribution in [2.45, 2.75) is 6.54 Å². The summed E-state index contributed by atoms with van der Waals surface area (Å²) in [6.45, 7) is 0.363. The Morgan fingerprint density at radius 1 is 1.08 bits per heavy atom. The van der Waals surface area contributed by atoms with Gasteiger partial charge in [0.25, 0.3) is 11.8 Å². The summed E-state index contributed by atoms with van der Waals surface area (Å²) in [5, 5.41) is 0. The number of rotatable bonds is 4. The molecule has 1 N–H and O–H groups in total. The molecular weight excluding hydrogens is 340 g/mol. The molecule has 7 heteroatoms. The van der Waals surface area contributed by atoms with Gasteiger partial charge in [0.05, 0.1) is 24.1 Å². The second kappa shape index (κ2) is 6.52. The third-order valence-electron chi connectivity index (χ3n) is 3.71. The normalized spacial score (nSPS) is 15.3. The Hall–Kier alpha value is -2.93. The lowest BCUT2D eigenvalue weighted by Gasteiger charge is -2.17. The fraction of sp³-hybridized carbons (Fsp3) is 0.111. The van der Waals surface area contributed by atoms with E-state index in [4.69, 9.17) is 0 Å². The molecule has 0 unspecified atom stereocenters. The highest BCUT2D eigenvalue weighted by Gasteiger charge is 2.32. The molecule has 1 aliphatic heterocycles. The minimum absolute atomic E-state index is 0.174. The SMILES string of the molecule is CS(=O)(=O)NC(=O)C=C1C(=O)N(Cc2ccccc2)c2ccccc21. The summed E-state index contributed by atoms with van der Waals surface area (Å²) in [5.41, 5.74) is 2.42. The molecule has 1 aliphatic rings. The minimum atomic E-state index is -3.69. The zero-order chi connectivity index (χ0) is 18.0. The molecule has 0 saturated carbocycles. The molecule has 2 aromatic carbocycles. The molecule has 2 aromatic rings. The second-order valence-electron chi connectivity index (χ2n) is 5.69. The van der Waals surface area contributed by atoms with Gasteiger partial charge >= 0.3 is 0 Å². The van der Waals surface area contributed by atoms with Crippen molar-refractivity contribution in [1.82, 2.24) is 4.72 Å². The Balaban J connectivity index is 1.97. The number of nitrogens with zero attached hydrogens (tertiary/aromatic N) is 1. The van der Waals surface area contributed by atoms with Gasteiger partial charge in [0.15, 0.2) is 0 Å². The maximum atomic E-state index is 12.8. The number of amides is 2. The Morgan fingerprint density at radius 2 is 1.72 bits per heavy atom. The van der Waals surface area contributed by atoms with Crippen molar-refractivity contribution in [2.75, 3.05) is 11.2 Å². The molecule has 3 rings (SSSR count). The summed E-state index contributed by atoms with van der Waals surface area (Å²) in [6, 6.07) is 16.6. The first kappa shape index (κ1) is 16.9. The topological polar surface area (TPSA) is 83.5 Å². The van der Waals surface area contributed by atoms with Gasteiger partial charge in [-0.1, -0.05) is 48.5 Å². The third kappa shape index (κ3) is 3.77. The summed E-state index contributed by atoms with van der Waals surface area (Å²) in [6.07, 6.45) is 1.92. The van der Waals surface area contributed by atoms with Gasteiger partial charge in [-0.2, -0.15) is 0 Å². The van der Waals surface area contributed by atoms with Crippen LogP contribution in [0.4, 0.5) is 5.69 Å². The Bertz CT molecular complexity index is 966. The summed E-state index contributed by atoms with van der Waals surface area (Å²) < 4.78 is 24.2. The molecule has 128 valence electrons. The average Bonchev–Trinajstić information content (AvgIpc) is 2.80. The van der Waals surface area contributed by atoms with E-state index in [1.165, 1.54) is 0 Å². The Kier molecular flexibility index (Phi) is 4.41. The van der Waals surface area contributed by atoms with Crippen molar-refractivity contribution < 1.29 is 18.0 Å². The number of anilines is 1. The number of carbonyl (C=O) groups is 2. The summed E-state index contributed by atoms with van der Waals surface area (Å²) >= 11 is 0. The van der Waals surface area contributed by atoms with Gasteiger partial charge in [-0.05, 0) is 11.6 Å². The molecule has 0 spiro atoms. The van der Waals surface area contributed by atoms with Crippen LogP contribution in [0.2, 0.25) is 0 Å². The van der Waals surface area contributed by atoms with Crippen molar-refractivity contribution in [3.63, 3.8) is 0 Å². The molecule has 0 saturated heterocycles. The first-order chi connectivity index (χ1) is 11.8. The van der Waals surface area contributed by atoms with Gasteiger partial charge in [-0.25, -0.2) is 13.1 Å². The zero-order valence-electron chi connectivity index (χ0n) is 13.5. The quantitative estimate of drug-likeness (QED) is 0.845. The molecule has 6 nitrogen and oxygen atoms in total. The van der Waals surface area contributed by atoms with Crippen LogP contribution in [0.25, 0.3) is 5.57 Å². The van der Waals surface area contributed by atoms with Gasteiger partial charge in [0, 0.05) is 11.6 Å². The Morgan fingerprint density at radius 3 is 2.40 bits per heavy atom. The maximum absolute atomic E-state index is 12.8. The minimum Gasteiger partial charge on any atom is -0.303 e. The number of hydrogen-bond donors (Lipinski definition) is 1. The number of benzene rings is 2. The molecule has 0 bridgehead atoms. The van der Waals surface area contributed by atoms with Crippen LogP contribution in [0.3, 0.4) is 0 Å². The lowest BCUT2D eigenvalue weighted by Crippen LogP contribution is -2.29. The predicted molar refractivity (Wildman–Crippen MR) is 95.0 cm³/mol. The smallest absolute Gasteiger partial charge is 0.259 e. The average molecular weight is 356 g/mol. The van der Waals surface area contributed by atoms with Crippen LogP contribution in [-0.4, -0.2) is 26.5 Å². The lowest BCUT2D eigenvalue weighted by molar-refractivity contribution is -0.116. The van der Waals surface area contributed by atoms with Crippen LogP contribution < -0.4 is 9.62 Å². The molecule has 0 atom stereocenters. The van der Waals surface area contributed by atoms with E-state index in [2.05, 4.69) is 0 Å². The van der Waals surface area contributed by atoms with Crippen LogP contribution in [0.15, 0.2) is 60.7 Å². The number of nitrogens with one attached hydrogen (secondary N) is 1. The van der Waals surface area contributed by atoms with Crippen molar-refractivity contribution in [3.05, 3.63) is 71.8 Å². The molecule has 25 heavy (non-hydrogen) atoms. The summed E-state index contributed by atoms with van der Waals surface area (Å²) in [7, 11) is -3.69. The number of para-hydroxylation sites is 1. The summed E-state index contributed by atoms with van der Waals surface area (Å²) in [5.74, 6) is -1.18. The third-order valence-corrected chi connectivity index (χ3v) is 4.28. The molecule has 2 amide bonds. The molecule has 0 aliphatic carbocycles. The maximum Gasteiger partial charge on any atom is 0.259 e. The lowest BCUT2D eigenvalue weighted by atomic mass is 10.1. The number of hydrogen-bond acceptors (Lipinski definition) is 4. The standard InChI is InChI=1S/C18H16N2O4S/c1-25(23,24)19-17(21)11-15-14-9-5-6-10-16(14)20(18(15)22)12-13-7-3-2-4-8-13/h2-11H,12H2,1H3,(H,19,21). The van der Waals surface area contributed by atoms with E-state index in [1.54, 1.807) is 23.1 Å². The van der Waals surface area contributed by atoms with Crippen LogP contribution in [-0.2, 0) is 26.2 Å². The number of carbonyl (C=O) groups excluding carboxylic acids is 2. The number of fused-ring (bicyclic) bond motifs is 1. The molecule has 0 aromatic heterocycles. The number of sulfonamides is 1. The van der Waals surface area contributed by atoms with E-state index >= 15 is 0 Å². The van der Waals surface area contributed by atoms with Crippen LogP contribution in [0.5, 0.6) is 0 Å². The van der Waals surface area contributed by atoms with Gasteiger partial charge < -0.3 is 4.90 Å². The highest BCUT2D eigenvalue weighted by atomic mass is 32.2. The van der Waals surface area contributed by atoms with Crippen LogP contribution in [0, 0.1) is 0 Å². The fourth-order valence-corrected chi connectivity index (χ4v) is 3.14. The van der Waals surface area contributed by atoms with Crippen molar-refractivity contribution in [1.29, 1.82) is 0 Å². The van der Waals surface area contributed by atoms with E-state index in [9.17, 15) is 18.0 Å². The first-order valence-corrected chi connectivity index (χ1v) is 9.43. The largest absolute Gasteiger partial charge is 0.303 e. The predicted octanol–water partition coefficient (Wildman–Crippen LogP) is 1.69. The monoisotopic (exact) mass is 356 g/mol. The van der Waals surface area contributed by atoms with Gasteiger partial charge in [-0.3, -0.25) is 9.59 Å². The summed E-state index contributed by atoms with van der Waals surface area (Å²) in [4.78, 5) is 26.3. The van der Waals surface area contributed by atoms with E-state index in [0.717, 1.165) is 17.9 Å². The van der Waals surface area contributed by atoms with Crippen LogP contribution in [0.1, 0.15) is 11.1 Å². The van der Waals surface area contributed by atoms with E-state index < -0.39 is 15.9 Å². The van der Waals surface area contributed by atoms with Gasteiger partial charge in [-0.15, -0.1) is 0 Å².